The van der Waals surface area contributed by atoms with E-state index in [2.05, 4.69) is 49.2 Å². The average Bonchev–Trinajstić information content (AvgIpc) is 3.27. The molecule has 5 heteroatoms. The molecule has 2 aliphatic rings. The number of aromatic nitrogens is 1. The smallest absolute Gasteiger partial charge is 0.219 e. The normalized spacial score (nSPS) is 20.8. The summed E-state index contributed by atoms with van der Waals surface area (Å²) in [6.45, 7) is 4.75. The second kappa shape index (κ2) is 8.17. The maximum atomic E-state index is 10.1. The van der Waals surface area contributed by atoms with E-state index >= 15 is 0 Å². The summed E-state index contributed by atoms with van der Waals surface area (Å²) in [5.41, 5.74) is 4.58. The van der Waals surface area contributed by atoms with Crippen molar-refractivity contribution in [3.8, 4) is 17.4 Å². The summed E-state index contributed by atoms with van der Waals surface area (Å²) in [7, 11) is 0. The van der Waals surface area contributed by atoms with E-state index in [1.807, 2.05) is 54.2 Å². The first-order chi connectivity index (χ1) is 16.5. The SMILES string of the molecule is CC1(C)CCc2ccccc2[C@@H]2N=C(c3cccc(Oc4ccc5cccc(O)c5n4)c3)S[C@H]21. The average molecular weight is 467 g/mol. The fourth-order valence-electron chi connectivity index (χ4n) is 5.00. The van der Waals surface area contributed by atoms with Gasteiger partial charge >= 0.3 is 0 Å². The van der Waals surface area contributed by atoms with Gasteiger partial charge in [0, 0.05) is 22.3 Å². The summed E-state index contributed by atoms with van der Waals surface area (Å²) in [5, 5.41) is 12.5. The molecule has 4 nitrogen and oxygen atoms in total. The van der Waals surface area contributed by atoms with Gasteiger partial charge in [-0.05, 0) is 53.6 Å². The Morgan fingerprint density at radius 3 is 2.74 bits per heavy atom. The number of thioether (sulfide) groups is 1. The summed E-state index contributed by atoms with van der Waals surface area (Å²) in [6.07, 6.45) is 2.27. The van der Waals surface area contributed by atoms with Gasteiger partial charge in [0.25, 0.3) is 0 Å². The fraction of sp³-hybridized carbons (Fsp3) is 0.241. The van der Waals surface area contributed by atoms with Crippen molar-refractivity contribution in [2.75, 3.05) is 0 Å². The first-order valence-electron chi connectivity index (χ1n) is 11.7. The second-order valence-electron chi connectivity index (χ2n) is 9.73. The lowest BCUT2D eigenvalue weighted by Gasteiger charge is -2.32. The number of aryl methyl sites for hydroxylation is 1. The maximum absolute atomic E-state index is 10.1. The molecule has 1 aromatic heterocycles. The van der Waals surface area contributed by atoms with Crippen LogP contribution in [0.2, 0.25) is 0 Å². The number of hydrogen-bond donors (Lipinski definition) is 1. The Kier molecular flexibility index (Phi) is 5.10. The Hall–Kier alpha value is -3.31. The molecule has 34 heavy (non-hydrogen) atoms. The van der Waals surface area contributed by atoms with E-state index in [-0.39, 0.29) is 17.2 Å². The Morgan fingerprint density at radius 1 is 0.971 bits per heavy atom. The third-order valence-corrected chi connectivity index (χ3v) is 8.66. The third kappa shape index (κ3) is 3.74. The van der Waals surface area contributed by atoms with Crippen molar-refractivity contribution in [3.63, 3.8) is 0 Å². The Labute approximate surface area is 203 Å². The van der Waals surface area contributed by atoms with Crippen molar-refractivity contribution in [1.29, 1.82) is 0 Å². The van der Waals surface area contributed by atoms with Crippen LogP contribution in [0.1, 0.15) is 43.0 Å². The molecule has 3 aromatic carbocycles. The quantitative estimate of drug-likeness (QED) is 0.344. The number of phenolic OH excluding ortho intramolecular Hbond substituents is 1. The number of benzene rings is 3. The van der Waals surface area contributed by atoms with Gasteiger partial charge in [0.15, 0.2) is 0 Å². The molecule has 0 radical (unpaired) electrons. The highest BCUT2D eigenvalue weighted by Gasteiger charge is 2.44. The standard InChI is InChI=1S/C29H26N2O2S/c1-29(2)16-15-18-7-3-4-11-22(18)26-27(29)34-28(31-26)20-9-5-10-21(17-20)33-24-14-13-19-8-6-12-23(32)25(19)30-24/h3-14,17,26-27,32H,15-16H2,1-2H3/t26-,27+/m0/s1. The highest BCUT2D eigenvalue weighted by molar-refractivity contribution is 8.15. The molecule has 170 valence electrons. The zero-order valence-corrected chi connectivity index (χ0v) is 20.0. The molecule has 0 amide bonds. The van der Waals surface area contributed by atoms with Crippen LogP contribution in [0.5, 0.6) is 17.4 Å². The van der Waals surface area contributed by atoms with Gasteiger partial charge in [-0.25, -0.2) is 4.98 Å². The summed E-state index contributed by atoms with van der Waals surface area (Å²) >= 11 is 1.90. The molecular weight excluding hydrogens is 440 g/mol. The third-order valence-electron chi connectivity index (χ3n) is 6.94. The zero-order valence-electron chi connectivity index (χ0n) is 19.2. The number of phenols is 1. The van der Waals surface area contributed by atoms with Gasteiger partial charge in [-0.1, -0.05) is 74.1 Å². The number of ether oxygens (including phenoxy) is 1. The summed E-state index contributed by atoms with van der Waals surface area (Å²) < 4.78 is 6.09. The molecule has 2 heterocycles. The molecule has 2 atom stereocenters. The first-order valence-corrected chi connectivity index (χ1v) is 12.6. The maximum Gasteiger partial charge on any atom is 0.219 e. The van der Waals surface area contributed by atoms with Crippen molar-refractivity contribution in [2.45, 2.75) is 38.0 Å². The first kappa shape index (κ1) is 21.2. The molecule has 0 spiro atoms. The van der Waals surface area contributed by atoms with Gasteiger partial charge in [-0.15, -0.1) is 0 Å². The zero-order chi connectivity index (χ0) is 23.3. The Morgan fingerprint density at radius 2 is 1.82 bits per heavy atom. The molecule has 0 fully saturated rings. The Bertz CT molecular complexity index is 1430. The van der Waals surface area contributed by atoms with Crippen LogP contribution in [-0.2, 0) is 6.42 Å². The number of rotatable bonds is 3. The van der Waals surface area contributed by atoms with Crippen molar-refractivity contribution >= 4 is 27.7 Å². The minimum Gasteiger partial charge on any atom is -0.506 e. The minimum atomic E-state index is 0.148. The lowest BCUT2D eigenvalue weighted by atomic mass is 9.82. The van der Waals surface area contributed by atoms with Gasteiger partial charge in [0.1, 0.15) is 17.0 Å². The molecule has 0 saturated heterocycles. The number of fused-ring (bicyclic) bond motifs is 4. The summed E-state index contributed by atoms with van der Waals surface area (Å²) in [6, 6.07) is 26.1. The predicted molar refractivity (Wildman–Crippen MR) is 139 cm³/mol. The van der Waals surface area contributed by atoms with Gasteiger partial charge in [0.2, 0.25) is 5.88 Å². The molecule has 0 unspecified atom stereocenters. The predicted octanol–water partition coefficient (Wildman–Crippen LogP) is 7.31. The van der Waals surface area contributed by atoms with Gasteiger partial charge < -0.3 is 9.84 Å². The summed E-state index contributed by atoms with van der Waals surface area (Å²) in [4.78, 5) is 9.76. The second-order valence-corrected chi connectivity index (χ2v) is 10.9. The summed E-state index contributed by atoms with van der Waals surface area (Å²) in [5.74, 6) is 1.30. The highest BCUT2D eigenvalue weighted by Crippen LogP contribution is 2.52. The van der Waals surface area contributed by atoms with Crippen LogP contribution in [0.4, 0.5) is 0 Å². The van der Waals surface area contributed by atoms with Gasteiger partial charge in [-0.3, -0.25) is 4.99 Å². The van der Waals surface area contributed by atoms with Crippen LogP contribution in [0.15, 0.2) is 83.9 Å². The molecular formula is C29H26N2O2S. The molecule has 0 bridgehead atoms. The fourth-order valence-corrected chi connectivity index (χ4v) is 6.46. The van der Waals surface area contributed by atoms with Crippen LogP contribution in [0.25, 0.3) is 10.9 Å². The van der Waals surface area contributed by atoms with E-state index in [9.17, 15) is 5.11 Å². The largest absolute Gasteiger partial charge is 0.506 e. The molecule has 1 aliphatic carbocycles. The van der Waals surface area contributed by atoms with Crippen LogP contribution in [0, 0.1) is 5.41 Å². The molecule has 1 N–H and O–H groups in total. The molecule has 6 rings (SSSR count). The van der Waals surface area contributed by atoms with Crippen LogP contribution in [-0.4, -0.2) is 20.4 Å². The lowest BCUT2D eigenvalue weighted by Crippen LogP contribution is -2.28. The number of hydrogen-bond acceptors (Lipinski definition) is 5. The van der Waals surface area contributed by atoms with Crippen LogP contribution < -0.4 is 4.74 Å². The number of para-hydroxylation sites is 1. The van der Waals surface area contributed by atoms with E-state index in [4.69, 9.17) is 9.73 Å². The highest BCUT2D eigenvalue weighted by atomic mass is 32.2. The van der Waals surface area contributed by atoms with Crippen molar-refractivity contribution < 1.29 is 9.84 Å². The Balaban J connectivity index is 1.32. The van der Waals surface area contributed by atoms with Crippen LogP contribution in [0.3, 0.4) is 0 Å². The van der Waals surface area contributed by atoms with E-state index < -0.39 is 0 Å². The van der Waals surface area contributed by atoms with Crippen LogP contribution >= 0.6 is 11.8 Å². The van der Waals surface area contributed by atoms with E-state index in [0.717, 1.165) is 28.8 Å². The monoisotopic (exact) mass is 466 g/mol. The van der Waals surface area contributed by atoms with E-state index in [1.54, 1.807) is 6.07 Å². The van der Waals surface area contributed by atoms with E-state index in [0.29, 0.717) is 22.4 Å². The van der Waals surface area contributed by atoms with Crippen molar-refractivity contribution in [3.05, 3.63) is 95.6 Å². The number of nitrogens with zero attached hydrogens (tertiary/aromatic N) is 2. The number of aliphatic imine (C=N–C) groups is 1. The lowest BCUT2D eigenvalue weighted by molar-refractivity contribution is 0.311. The molecule has 1 aliphatic heterocycles. The number of aromatic hydroxyl groups is 1. The van der Waals surface area contributed by atoms with Gasteiger partial charge in [0.05, 0.1) is 11.1 Å². The van der Waals surface area contributed by atoms with E-state index in [1.165, 1.54) is 11.1 Å². The number of pyridine rings is 1. The van der Waals surface area contributed by atoms with Gasteiger partial charge in [-0.2, -0.15) is 0 Å². The molecule has 4 aromatic rings. The topological polar surface area (TPSA) is 54.7 Å². The van der Waals surface area contributed by atoms with Crippen molar-refractivity contribution in [1.82, 2.24) is 4.98 Å². The molecule has 0 saturated carbocycles. The minimum absolute atomic E-state index is 0.148. The van der Waals surface area contributed by atoms with Crippen molar-refractivity contribution in [2.24, 2.45) is 10.4 Å².